The van der Waals surface area contributed by atoms with Gasteiger partial charge in [-0.1, -0.05) is 6.07 Å². The van der Waals surface area contributed by atoms with Gasteiger partial charge in [-0.25, -0.2) is 8.78 Å². The minimum Gasteiger partial charge on any atom is -0.380 e. The number of non-ortho nitro benzene ring substituents is 1. The van der Waals surface area contributed by atoms with Gasteiger partial charge in [-0.15, -0.1) is 0 Å². The number of hydrogen-bond acceptors (Lipinski definition) is 3. The first kappa shape index (κ1) is 13.9. The quantitative estimate of drug-likeness (QED) is 0.683. The second kappa shape index (κ2) is 5.64. The van der Waals surface area contributed by atoms with Gasteiger partial charge in [0.05, 0.1) is 4.92 Å². The van der Waals surface area contributed by atoms with Crippen molar-refractivity contribution in [1.29, 1.82) is 0 Å². The molecule has 2 aromatic rings. The van der Waals surface area contributed by atoms with Crippen LogP contribution in [0.15, 0.2) is 36.4 Å². The van der Waals surface area contributed by atoms with Gasteiger partial charge < -0.3 is 5.32 Å². The number of nitrogens with one attached hydrogen (secondary N) is 1. The minimum atomic E-state index is -0.529. The number of nitro groups is 1. The average Bonchev–Trinajstić information content (AvgIpc) is 2.41. The smallest absolute Gasteiger partial charge is 0.271 e. The molecule has 2 rings (SSSR count). The van der Waals surface area contributed by atoms with Gasteiger partial charge in [0, 0.05) is 29.9 Å². The monoisotopic (exact) mass is 278 g/mol. The molecule has 0 aliphatic carbocycles. The van der Waals surface area contributed by atoms with E-state index >= 15 is 0 Å². The number of aryl methyl sites for hydroxylation is 1. The van der Waals surface area contributed by atoms with Gasteiger partial charge in [0.25, 0.3) is 5.69 Å². The molecular formula is C14H12F2N2O2. The highest BCUT2D eigenvalue weighted by atomic mass is 19.1. The Balaban J connectivity index is 2.20. The van der Waals surface area contributed by atoms with Crippen molar-refractivity contribution in [2.75, 3.05) is 5.32 Å². The van der Waals surface area contributed by atoms with E-state index in [2.05, 4.69) is 5.32 Å². The Kier molecular flexibility index (Phi) is 3.93. The molecule has 0 saturated heterocycles. The molecule has 0 aliphatic heterocycles. The summed E-state index contributed by atoms with van der Waals surface area (Å²) >= 11 is 0. The third-order valence-corrected chi connectivity index (χ3v) is 2.91. The van der Waals surface area contributed by atoms with E-state index in [-0.39, 0.29) is 17.8 Å². The molecule has 0 aromatic heterocycles. The average molecular weight is 278 g/mol. The Morgan fingerprint density at radius 3 is 2.65 bits per heavy atom. The fraction of sp³-hybridized carbons (Fsp3) is 0.143. The fourth-order valence-corrected chi connectivity index (χ4v) is 1.78. The summed E-state index contributed by atoms with van der Waals surface area (Å²) in [6.45, 7) is 1.82. The van der Waals surface area contributed by atoms with Crippen LogP contribution in [0, 0.1) is 28.7 Å². The van der Waals surface area contributed by atoms with Crippen molar-refractivity contribution in [2.24, 2.45) is 0 Å². The van der Waals surface area contributed by atoms with E-state index in [1.807, 2.05) is 0 Å². The largest absolute Gasteiger partial charge is 0.380 e. The molecule has 0 aliphatic rings. The molecule has 2 aromatic carbocycles. The molecule has 4 nitrogen and oxygen atoms in total. The zero-order valence-corrected chi connectivity index (χ0v) is 10.7. The van der Waals surface area contributed by atoms with E-state index in [1.54, 1.807) is 13.0 Å². The summed E-state index contributed by atoms with van der Waals surface area (Å²) in [5.74, 6) is -1.05. The zero-order valence-electron chi connectivity index (χ0n) is 10.7. The van der Waals surface area contributed by atoms with E-state index in [9.17, 15) is 18.9 Å². The maximum atomic E-state index is 13.5. The fourth-order valence-electron chi connectivity index (χ4n) is 1.78. The SMILES string of the molecule is Cc1ccc([N+](=O)[O-])cc1NCc1cc(F)ccc1F. The first-order valence-corrected chi connectivity index (χ1v) is 5.90. The van der Waals surface area contributed by atoms with Gasteiger partial charge in [-0.3, -0.25) is 10.1 Å². The molecule has 0 heterocycles. The normalized spacial score (nSPS) is 10.3. The summed E-state index contributed by atoms with van der Waals surface area (Å²) in [5, 5.41) is 13.6. The highest BCUT2D eigenvalue weighted by Crippen LogP contribution is 2.22. The van der Waals surface area contributed by atoms with E-state index in [0.717, 1.165) is 23.8 Å². The molecule has 0 bridgehead atoms. The predicted octanol–water partition coefficient (Wildman–Crippen LogP) is 3.79. The van der Waals surface area contributed by atoms with Crippen molar-refractivity contribution in [3.8, 4) is 0 Å². The highest BCUT2D eigenvalue weighted by molar-refractivity contribution is 5.57. The molecular weight excluding hydrogens is 266 g/mol. The van der Waals surface area contributed by atoms with Crippen molar-refractivity contribution in [1.82, 2.24) is 0 Å². The Morgan fingerprint density at radius 2 is 1.95 bits per heavy atom. The molecule has 104 valence electrons. The summed E-state index contributed by atoms with van der Waals surface area (Å²) in [7, 11) is 0. The molecule has 0 amide bonds. The molecule has 0 fully saturated rings. The zero-order chi connectivity index (χ0) is 14.7. The number of halogens is 2. The number of anilines is 1. The van der Waals surface area contributed by atoms with Crippen molar-refractivity contribution in [3.63, 3.8) is 0 Å². The Morgan fingerprint density at radius 1 is 1.20 bits per heavy atom. The predicted molar refractivity (Wildman–Crippen MR) is 71.5 cm³/mol. The van der Waals surface area contributed by atoms with Crippen molar-refractivity contribution < 1.29 is 13.7 Å². The third-order valence-electron chi connectivity index (χ3n) is 2.91. The van der Waals surface area contributed by atoms with Crippen LogP contribution < -0.4 is 5.32 Å². The van der Waals surface area contributed by atoms with Crippen LogP contribution in [0.2, 0.25) is 0 Å². The molecule has 6 heteroatoms. The topological polar surface area (TPSA) is 55.2 Å². The summed E-state index contributed by atoms with van der Waals surface area (Å²) < 4.78 is 26.5. The maximum absolute atomic E-state index is 13.5. The molecule has 1 N–H and O–H groups in total. The van der Waals surface area contributed by atoms with Crippen LogP contribution >= 0.6 is 0 Å². The number of hydrogen-bond donors (Lipinski definition) is 1. The van der Waals surface area contributed by atoms with Gasteiger partial charge in [-0.05, 0) is 30.7 Å². The van der Waals surface area contributed by atoms with Gasteiger partial charge in [0.15, 0.2) is 0 Å². The molecule has 0 spiro atoms. The van der Waals surface area contributed by atoms with E-state index < -0.39 is 16.6 Å². The second-order valence-corrected chi connectivity index (χ2v) is 4.35. The van der Waals surface area contributed by atoms with Crippen molar-refractivity contribution in [2.45, 2.75) is 13.5 Å². The van der Waals surface area contributed by atoms with Crippen LogP contribution in [0.3, 0.4) is 0 Å². The Bertz CT molecular complexity index is 660. The van der Waals surface area contributed by atoms with E-state index in [4.69, 9.17) is 0 Å². The summed E-state index contributed by atoms with van der Waals surface area (Å²) in [5.41, 5.74) is 1.41. The summed E-state index contributed by atoms with van der Waals surface area (Å²) in [4.78, 5) is 10.2. The lowest BCUT2D eigenvalue weighted by Gasteiger charge is -2.10. The summed E-state index contributed by atoms with van der Waals surface area (Å²) in [6, 6.07) is 7.54. The van der Waals surface area contributed by atoms with Crippen molar-refractivity contribution in [3.05, 3.63) is 69.3 Å². The molecule has 0 saturated carbocycles. The number of rotatable bonds is 4. The van der Waals surface area contributed by atoms with Crippen LogP contribution in [-0.4, -0.2) is 4.92 Å². The molecule has 0 unspecified atom stereocenters. The van der Waals surface area contributed by atoms with E-state index in [1.165, 1.54) is 12.1 Å². The molecule has 0 atom stereocenters. The minimum absolute atomic E-state index is 0.0472. The second-order valence-electron chi connectivity index (χ2n) is 4.35. The van der Waals surface area contributed by atoms with Crippen LogP contribution in [-0.2, 0) is 6.54 Å². The number of benzene rings is 2. The first-order chi connectivity index (χ1) is 9.47. The third kappa shape index (κ3) is 3.09. The van der Waals surface area contributed by atoms with E-state index in [0.29, 0.717) is 5.69 Å². The van der Waals surface area contributed by atoms with Gasteiger partial charge in [-0.2, -0.15) is 0 Å². The maximum Gasteiger partial charge on any atom is 0.271 e. The molecule has 20 heavy (non-hydrogen) atoms. The Hall–Kier alpha value is -2.50. The van der Waals surface area contributed by atoms with Crippen LogP contribution in [0.25, 0.3) is 0 Å². The highest BCUT2D eigenvalue weighted by Gasteiger charge is 2.09. The lowest BCUT2D eigenvalue weighted by atomic mass is 10.1. The Labute approximate surface area is 114 Å². The number of nitrogens with zero attached hydrogens (tertiary/aromatic N) is 1. The van der Waals surface area contributed by atoms with Gasteiger partial charge in [0.1, 0.15) is 11.6 Å². The summed E-state index contributed by atoms with van der Waals surface area (Å²) in [6.07, 6.45) is 0. The standard InChI is InChI=1S/C14H12F2N2O2/c1-9-2-4-12(18(19)20)7-14(9)17-8-10-6-11(15)3-5-13(10)16/h2-7,17H,8H2,1H3. The van der Waals surface area contributed by atoms with Crippen LogP contribution in [0.4, 0.5) is 20.2 Å². The number of nitro benzene ring substituents is 1. The van der Waals surface area contributed by atoms with Crippen LogP contribution in [0.5, 0.6) is 0 Å². The van der Waals surface area contributed by atoms with Crippen molar-refractivity contribution >= 4 is 11.4 Å². The lowest BCUT2D eigenvalue weighted by Crippen LogP contribution is -2.04. The lowest BCUT2D eigenvalue weighted by molar-refractivity contribution is -0.384. The van der Waals surface area contributed by atoms with Crippen LogP contribution in [0.1, 0.15) is 11.1 Å². The van der Waals surface area contributed by atoms with Gasteiger partial charge >= 0.3 is 0 Å². The first-order valence-electron chi connectivity index (χ1n) is 5.90. The molecule has 0 radical (unpaired) electrons. The van der Waals surface area contributed by atoms with Gasteiger partial charge in [0.2, 0.25) is 0 Å².